The third kappa shape index (κ3) is 3.08. The first-order valence-electron chi connectivity index (χ1n) is 9.81. The van der Waals surface area contributed by atoms with Gasteiger partial charge in [0.15, 0.2) is 0 Å². The van der Waals surface area contributed by atoms with E-state index in [2.05, 4.69) is 28.4 Å². The Morgan fingerprint density at radius 3 is 2.67 bits per heavy atom. The van der Waals surface area contributed by atoms with Crippen molar-refractivity contribution in [3.63, 3.8) is 0 Å². The van der Waals surface area contributed by atoms with E-state index in [1.54, 1.807) is 24.5 Å². The molecule has 0 fully saturated rings. The summed E-state index contributed by atoms with van der Waals surface area (Å²) >= 11 is 0. The second kappa shape index (κ2) is 7.26. The molecule has 4 nitrogen and oxygen atoms in total. The Hall–Kier alpha value is -3.73. The van der Waals surface area contributed by atoms with Crippen molar-refractivity contribution in [3.8, 4) is 11.6 Å². The number of aromatic nitrogens is 3. The van der Waals surface area contributed by atoms with E-state index in [0.29, 0.717) is 12.4 Å². The molecule has 0 aliphatic carbocycles. The molecule has 5 rings (SSSR count). The molecule has 0 aliphatic rings. The number of ether oxygens (including phenoxy) is 1. The molecule has 5 aromatic rings. The van der Waals surface area contributed by atoms with Crippen LogP contribution in [0.25, 0.3) is 21.7 Å². The smallest absolute Gasteiger partial charge is 0.244 e. The zero-order valence-electron chi connectivity index (χ0n) is 16.8. The molecule has 2 aromatic carbocycles. The van der Waals surface area contributed by atoms with E-state index in [0.717, 1.165) is 44.2 Å². The third-order valence-electron chi connectivity index (χ3n) is 5.59. The summed E-state index contributed by atoms with van der Waals surface area (Å²) in [5, 5.41) is 3.06. The largest absolute Gasteiger partial charge is 0.436 e. The average molecular weight is 397 g/mol. The van der Waals surface area contributed by atoms with Crippen molar-refractivity contribution in [2.24, 2.45) is 0 Å². The minimum atomic E-state index is -0.239. The van der Waals surface area contributed by atoms with E-state index < -0.39 is 0 Å². The van der Waals surface area contributed by atoms with Crippen LogP contribution in [-0.4, -0.2) is 14.5 Å². The van der Waals surface area contributed by atoms with Crippen LogP contribution in [0.15, 0.2) is 73.2 Å². The standard InChI is InChI=1S/C25H20FN3O/c1-16-17(2)29(15-18-5-3-7-20(26)13-18)24-21(16)10-12-28-25(24)30-23-8-4-6-19-14-27-11-9-22(19)23/h3-14H,15H2,1-2H3. The van der Waals surface area contributed by atoms with E-state index in [4.69, 9.17) is 4.74 Å². The van der Waals surface area contributed by atoms with Gasteiger partial charge in [-0.3, -0.25) is 4.98 Å². The number of hydrogen-bond acceptors (Lipinski definition) is 3. The minimum absolute atomic E-state index is 0.239. The molecule has 0 radical (unpaired) electrons. The van der Waals surface area contributed by atoms with Gasteiger partial charge in [0.25, 0.3) is 0 Å². The Bertz CT molecular complexity index is 1390. The first-order chi connectivity index (χ1) is 14.6. The fourth-order valence-electron chi connectivity index (χ4n) is 3.94. The number of halogens is 1. The monoisotopic (exact) mass is 397 g/mol. The molecule has 0 saturated heterocycles. The van der Waals surface area contributed by atoms with Gasteiger partial charge < -0.3 is 9.30 Å². The Morgan fingerprint density at radius 2 is 1.80 bits per heavy atom. The zero-order valence-corrected chi connectivity index (χ0v) is 16.8. The Morgan fingerprint density at radius 1 is 0.967 bits per heavy atom. The first kappa shape index (κ1) is 18.3. The topological polar surface area (TPSA) is 39.9 Å². The lowest BCUT2D eigenvalue weighted by atomic mass is 10.1. The molecule has 0 spiro atoms. The molecular formula is C25H20FN3O. The summed E-state index contributed by atoms with van der Waals surface area (Å²) in [6.45, 7) is 4.70. The van der Waals surface area contributed by atoms with Crippen LogP contribution in [0, 0.1) is 19.7 Å². The molecule has 0 saturated carbocycles. The fourth-order valence-corrected chi connectivity index (χ4v) is 3.94. The van der Waals surface area contributed by atoms with E-state index in [-0.39, 0.29) is 5.82 Å². The highest BCUT2D eigenvalue weighted by Crippen LogP contribution is 2.36. The Kier molecular flexibility index (Phi) is 4.43. The van der Waals surface area contributed by atoms with Crippen LogP contribution in [0.5, 0.6) is 11.6 Å². The SMILES string of the molecule is Cc1c(C)n(Cc2cccc(F)c2)c2c(Oc3cccc4cnccc34)nccc12. The third-order valence-corrected chi connectivity index (χ3v) is 5.59. The van der Waals surface area contributed by atoms with Gasteiger partial charge in [0.05, 0.1) is 0 Å². The first-order valence-corrected chi connectivity index (χ1v) is 9.81. The maximum Gasteiger partial charge on any atom is 0.244 e. The second-order valence-electron chi connectivity index (χ2n) is 7.39. The van der Waals surface area contributed by atoms with Crippen LogP contribution in [0.2, 0.25) is 0 Å². The Labute approximate surface area is 173 Å². The predicted octanol–water partition coefficient (Wildman–Crippen LogP) is 6.18. The maximum atomic E-state index is 13.8. The summed E-state index contributed by atoms with van der Waals surface area (Å²) in [7, 11) is 0. The molecule has 0 atom stereocenters. The van der Waals surface area contributed by atoms with Gasteiger partial charge in [0.2, 0.25) is 5.88 Å². The van der Waals surface area contributed by atoms with Crippen molar-refractivity contribution in [1.82, 2.24) is 14.5 Å². The summed E-state index contributed by atoms with van der Waals surface area (Å²) in [6, 6.07) is 16.5. The number of pyridine rings is 2. The van der Waals surface area contributed by atoms with Gasteiger partial charge in [-0.15, -0.1) is 0 Å². The quantitative estimate of drug-likeness (QED) is 0.363. The minimum Gasteiger partial charge on any atom is -0.436 e. The van der Waals surface area contributed by atoms with E-state index in [1.807, 2.05) is 42.6 Å². The predicted molar refractivity (Wildman–Crippen MR) is 117 cm³/mol. The number of nitrogens with zero attached hydrogens (tertiary/aromatic N) is 3. The van der Waals surface area contributed by atoms with Gasteiger partial charge in [-0.1, -0.05) is 24.3 Å². The number of benzene rings is 2. The van der Waals surface area contributed by atoms with Gasteiger partial charge in [-0.05, 0) is 55.3 Å². The van der Waals surface area contributed by atoms with Crippen LogP contribution < -0.4 is 4.74 Å². The van der Waals surface area contributed by atoms with Crippen LogP contribution >= 0.6 is 0 Å². The summed E-state index contributed by atoms with van der Waals surface area (Å²) in [5.41, 5.74) is 4.06. The highest BCUT2D eigenvalue weighted by molar-refractivity contribution is 5.91. The zero-order chi connectivity index (χ0) is 20.7. The molecule has 3 heterocycles. The molecule has 0 unspecified atom stereocenters. The number of fused-ring (bicyclic) bond motifs is 2. The molecule has 148 valence electrons. The van der Waals surface area contributed by atoms with Crippen molar-refractivity contribution in [1.29, 1.82) is 0 Å². The molecule has 30 heavy (non-hydrogen) atoms. The van der Waals surface area contributed by atoms with Crippen LogP contribution in [0.1, 0.15) is 16.8 Å². The molecule has 0 amide bonds. The van der Waals surface area contributed by atoms with Crippen LogP contribution in [-0.2, 0) is 6.54 Å². The number of aryl methyl sites for hydroxylation is 1. The Balaban J connectivity index is 1.66. The van der Waals surface area contributed by atoms with Gasteiger partial charge in [0.1, 0.15) is 17.1 Å². The molecule has 0 N–H and O–H groups in total. The van der Waals surface area contributed by atoms with E-state index in [9.17, 15) is 4.39 Å². The van der Waals surface area contributed by atoms with Crippen LogP contribution in [0.4, 0.5) is 4.39 Å². The molecule has 0 aliphatic heterocycles. The average Bonchev–Trinajstić information content (AvgIpc) is 3.00. The van der Waals surface area contributed by atoms with Gasteiger partial charge in [-0.2, -0.15) is 0 Å². The lowest BCUT2D eigenvalue weighted by Crippen LogP contribution is -2.04. The summed E-state index contributed by atoms with van der Waals surface area (Å²) in [5.74, 6) is 1.02. The summed E-state index contributed by atoms with van der Waals surface area (Å²) < 4.78 is 22.2. The van der Waals surface area contributed by atoms with Crippen molar-refractivity contribution < 1.29 is 9.13 Å². The van der Waals surface area contributed by atoms with Crippen molar-refractivity contribution >= 4 is 21.7 Å². The molecular weight excluding hydrogens is 377 g/mol. The van der Waals surface area contributed by atoms with E-state index in [1.165, 1.54) is 6.07 Å². The van der Waals surface area contributed by atoms with Crippen LogP contribution in [0.3, 0.4) is 0 Å². The highest BCUT2D eigenvalue weighted by atomic mass is 19.1. The lowest BCUT2D eigenvalue weighted by molar-refractivity contribution is 0.471. The number of hydrogen-bond donors (Lipinski definition) is 0. The lowest BCUT2D eigenvalue weighted by Gasteiger charge is -2.13. The van der Waals surface area contributed by atoms with Gasteiger partial charge in [0, 0.05) is 47.0 Å². The second-order valence-corrected chi connectivity index (χ2v) is 7.39. The normalized spacial score (nSPS) is 11.3. The molecule has 0 bridgehead atoms. The summed E-state index contributed by atoms with van der Waals surface area (Å²) in [6.07, 6.45) is 5.34. The summed E-state index contributed by atoms with van der Waals surface area (Å²) in [4.78, 5) is 8.74. The molecule has 3 aromatic heterocycles. The number of rotatable bonds is 4. The van der Waals surface area contributed by atoms with Crippen molar-refractivity contribution in [2.45, 2.75) is 20.4 Å². The van der Waals surface area contributed by atoms with Crippen molar-refractivity contribution in [3.05, 3.63) is 95.8 Å². The van der Waals surface area contributed by atoms with E-state index >= 15 is 0 Å². The maximum absolute atomic E-state index is 13.8. The molecule has 5 heteroatoms. The van der Waals surface area contributed by atoms with Gasteiger partial charge in [-0.25, -0.2) is 9.37 Å². The highest BCUT2D eigenvalue weighted by Gasteiger charge is 2.18. The van der Waals surface area contributed by atoms with Gasteiger partial charge >= 0.3 is 0 Å². The fraction of sp³-hybridized carbons (Fsp3) is 0.120. The van der Waals surface area contributed by atoms with Crippen molar-refractivity contribution in [2.75, 3.05) is 0 Å².